The number of halogens is 1. The van der Waals surface area contributed by atoms with Crippen LogP contribution < -0.4 is 0 Å². The molecule has 0 radical (unpaired) electrons. The fourth-order valence-corrected chi connectivity index (χ4v) is 1.95. The Bertz CT molecular complexity index is 626. The first-order chi connectivity index (χ1) is 7.84. The topological polar surface area (TPSA) is 28.7 Å². The van der Waals surface area contributed by atoms with E-state index in [0.29, 0.717) is 0 Å². The molecule has 2 nitrogen and oxygen atoms in total. The molecule has 0 bridgehead atoms. The van der Waals surface area contributed by atoms with Gasteiger partial charge in [-0.15, -0.1) is 0 Å². The van der Waals surface area contributed by atoms with Crippen molar-refractivity contribution in [1.29, 1.82) is 0 Å². The summed E-state index contributed by atoms with van der Waals surface area (Å²) in [5, 5.41) is 1.88. The summed E-state index contributed by atoms with van der Waals surface area (Å²) in [7, 11) is 0. The lowest BCUT2D eigenvalue weighted by atomic mass is 10.1. The molecule has 0 fully saturated rings. The van der Waals surface area contributed by atoms with Crippen LogP contribution in [0.5, 0.6) is 0 Å². The first kappa shape index (κ1) is 9.43. The van der Waals surface area contributed by atoms with Gasteiger partial charge in [-0.05, 0) is 29.8 Å². The minimum Gasteiger partial charge on any atom is -0.346 e. The zero-order valence-electron chi connectivity index (χ0n) is 8.44. The first-order valence-electron chi connectivity index (χ1n) is 5.02. The molecule has 16 heavy (non-hydrogen) atoms. The number of fused-ring (bicyclic) bond motifs is 1. The van der Waals surface area contributed by atoms with E-state index in [1.54, 1.807) is 6.20 Å². The number of hydrogen-bond donors (Lipinski definition) is 1. The van der Waals surface area contributed by atoms with E-state index in [0.717, 1.165) is 27.2 Å². The molecular weight excluding hydrogens is 220 g/mol. The van der Waals surface area contributed by atoms with Gasteiger partial charge >= 0.3 is 0 Å². The molecule has 1 aromatic carbocycles. The molecule has 1 N–H and O–H groups in total. The Kier molecular flexibility index (Phi) is 2.15. The number of hydrogen-bond acceptors (Lipinski definition) is 1. The van der Waals surface area contributed by atoms with Gasteiger partial charge in [0.15, 0.2) is 0 Å². The third-order valence-corrected chi connectivity index (χ3v) is 2.86. The van der Waals surface area contributed by atoms with Gasteiger partial charge in [-0.1, -0.05) is 23.7 Å². The van der Waals surface area contributed by atoms with Gasteiger partial charge in [-0.2, -0.15) is 0 Å². The van der Waals surface area contributed by atoms with Crippen molar-refractivity contribution in [3.63, 3.8) is 0 Å². The molecule has 0 spiro atoms. The third-order valence-electron chi connectivity index (χ3n) is 2.61. The van der Waals surface area contributed by atoms with E-state index in [4.69, 9.17) is 11.6 Å². The summed E-state index contributed by atoms with van der Waals surface area (Å²) in [6, 6.07) is 11.8. The smallest absolute Gasteiger partial charge is 0.137 e. The van der Waals surface area contributed by atoms with E-state index in [2.05, 4.69) is 16.0 Å². The SMILES string of the molecule is Clc1ccc(-c2c[nH]c3ncccc23)cc1. The van der Waals surface area contributed by atoms with Crippen LogP contribution in [0.15, 0.2) is 48.8 Å². The lowest BCUT2D eigenvalue weighted by Crippen LogP contribution is -1.76. The molecule has 2 aromatic heterocycles. The minimum absolute atomic E-state index is 0.752. The summed E-state index contributed by atoms with van der Waals surface area (Å²) in [5.74, 6) is 0. The Morgan fingerprint density at radius 1 is 1.06 bits per heavy atom. The number of rotatable bonds is 1. The quantitative estimate of drug-likeness (QED) is 0.673. The summed E-state index contributed by atoms with van der Waals surface area (Å²) >= 11 is 5.87. The number of nitrogens with one attached hydrogen (secondary N) is 1. The minimum atomic E-state index is 0.752. The highest BCUT2D eigenvalue weighted by Crippen LogP contribution is 2.28. The zero-order valence-corrected chi connectivity index (χ0v) is 9.20. The van der Waals surface area contributed by atoms with E-state index < -0.39 is 0 Å². The number of aromatic amines is 1. The van der Waals surface area contributed by atoms with Crippen LogP contribution in [-0.4, -0.2) is 9.97 Å². The number of benzene rings is 1. The van der Waals surface area contributed by atoms with Crippen LogP contribution in [0.4, 0.5) is 0 Å². The zero-order chi connectivity index (χ0) is 11.0. The van der Waals surface area contributed by atoms with Crippen LogP contribution in [0.3, 0.4) is 0 Å². The van der Waals surface area contributed by atoms with Crippen molar-refractivity contribution in [1.82, 2.24) is 9.97 Å². The van der Waals surface area contributed by atoms with Gasteiger partial charge in [0.05, 0.1) is 0 Å². The normalized spacial score (nSPS) is 10.8. The van der Waals surface area contributed by atoms with Crippen molar-refractivity contribution in [2.24, 2.45) is 0 Å². The predicted molar refractivity (Wildman–Crippen MR) is 66.5 cm³/mol. The predicted octanol–water partition coefficient (Wildman–Crippen LogP) is 3.88. The molecule has 2 heterocycles. The van der Waals surface area contributed by atoms with Gasteiger partial charge in [-0.25, -0.2) is 4.98 Å². The van der Waals surface area contributed by atoms with E-state index >= 15 is 0 Å². The third kappa shape index (κ3) is 1.48. The van der Waals surface area contributed by atoms with Crippen LogP contribution in [-0.2, 0) is 0 Å². The van der Waals surface area contributed by atoms with Gasteiger partial charge in [0.1, 0.15) is 5.65 Å². The summed E-state index contributed by atoms with van der Waals surface area (Å²) in [6.45, 7) is 0. The van der Waals surface area contributed by atoms with Gasteiger partial charge in [0.2, 0.25) is 0 Å². The van der Waals surface area contributed by atoms with Crippen molar-refractivity contribution in [2.45, 2.75) is 0 Å². The van der Waals surface area contributed by atoms with Crippen LogP contribution in [0.1, 0.15) is 0 Å². The lowest BCUT2D eigenvalue weighted by Gasteiger charge is -1.99. The molecule has 78 valence electrons. The van der Waals surface area contributed by atoms with Gasteiger partial charge in [0.25, 0.3) is 0 Å². The summed E-state index contributed by atoms with van der Waals surface area (Å²) in [6.07, 6.45) is 3.76. The fraction of sp³-hybridized carbons (Fsp3) is 0. The molecule has 0 amide bonds. The van der Waals surface area contributed by atoms with Crippen molar-refractivity contribution < 1.29 is 0 Å². The van der Waals surface area contributed by atoms with Gasteiger partial charge < -0.3 is 4.98 Å². The second-order valence-corrected chi connectivity index (χ2v) is 4.05. The lowest BCUT2D eigenvalue weighted by molar-refractivity contribution is 1.33. The van der Waals surface area contributed by atoms with E-state index in [1.165, 1.54) is 0 Å². The molecular formula is C13H9ClN2. The van der Waals surface area contributed by atoms with Gasteiger partial charge in [0, 0.05) is 28.4 Å². The molecule has 3 heteroatoms. The Hall–Kier alpha value is -1.80. The Labute approximate surface area is 97.9 Å². The highest BCUT2D eigenvalue weighted by Gasteiger charge is 2.05. The van der Waals surface area contributed by atoms with Gasteiger partial charge in [-0.3, -0.25) is 0 Å². The van der Waals surface area contributed by atoms with Crippen LogP contribution in [0, 0.1) is 0 Å². The Morgan fingerprint density at radius 2 is 1.88 bits per heavy atom. The summed E-state index contributed by atoms with van der Waals surface area (Å²) in [4.78, 5) is 7.42. The van der Waals surface area contributed by atoms with Crippen LogP contribution in [0.2, 0.25) is 5.02 Å². The molecule has 3 aromatic rings. The molecule has 0 saturated carbocycles. The van der Waals surface area contributed by atoms with E-state index in [-0.39, 0.29) is 0 Å². The molecule has 0 aliphatic rings. The number of pyridine rings is 1. The second kappa shape index (κ2) is 3.65. The standard InChI is InChI=1S/C13H9ClN2/c14-10-5-3-9(4-6-10)12-8-16-13-11(12)2-1-7-15-13/h1-8H,(H,15,16). The molecule has 0 aliphatic heterocycles. The van der Waals surface area contributed by atoms with Crippen molar-refractivity contribution >= 4 is 22.6 Å². The Balaban J connectivity index is 2.22. The monoisotopic (exact) mass is 228 g/mol. The highest BCUT2D eigenvalue weighted by molar-refractivity contribution is 6.30. The Morgan fingerprint density at radius 3 is 2.69 bits per heavy atom. The largest absolute Gasteiger partial charge is 0.346 e. The van der Waals surface area contributed by atoms with E-state index in [9.17, 15) is 0 Å². The number of nitrogens with zero attached hydrogens (tertiary/aromatic N) is 1. The average molecular weight is 229 g/mol. The first-order valence-corrected chi connectivity index (χ1v) is 5.40. The maximum Gasteiger partial charge on any atom is 0.137 e. The highest BCUT2D eigenvalue weighted by atomic mass is 35.5. The summed E-state index contributed by atoms with van der Waals surface area (Å²) in [5.41, 5.74) is 3.20. The van der Waals surface area contributed by atoms with Crippen molar-refractivity contribution in [3.8, 4) is 11.1 Å². The molecule has 0 aliphatic carbocycles. The number of aromatic nitrogens is 2. The maximum atomic E-state index is 5.87. The number of H-pyrrole nitrogens is 1. The van der Waals surface area contributed by atoms with Crippen LogP contribution in [0.25, 0.3) is 22.2 Å². The average Bonchev–Trinajstić information content (AvgIpc) is 2.74. The molecule has 0 saturated heterocycles. The van der Waals surface area contributed by atoms with Crippen molar-refractivity contribution in [2.75, 3.05) is 0 Å². The summed E-state index contributed by atoms with van der Waals surface area (Å²) < 4.78 is 0. The van der Waals surface area contributed by atoms with E-state index in [1.807, 2.05) is 36.5 Å². The van der Waals surface area contributed by atoms with Crippen molar-refractivity contribution in [3.05, 3.63) is 53.8 Å². The molecule has 3 rings (SSSR count). The second-order valence-electron chi connectivity index (χ2n) is 3.61. The molecule has 0 unspecified atom stereocenters. The molecule has 0 atom stereocenters. The fourth-order valence-electron chi connectivity index (χ4n) is 1.82. The van der Waals surface area contributed by atoms with Crippen LogP contribution >= 0.6 is 11.6 Å². The maximum absolute atomic E-state index is 5.87.